The number of ether oxygens (including phenoxy) is 2. The lowest BCUT2D eigenvalue weighted by Gasteiger charge is -2.17. The molecule has 2 aromatic heterocycles. The summed E-state index contributed by atoms with van der Waals surface area (Å²) in [4.78, 5) is 34.7. The first-order chi connectivity index (χ1) is 25.5. The van der Waals surface area contributed by atoms with Crippen molar-refractivity contribution in [1.82, 2.24) is 24.6 Å². The van der Waals surface area contributed by atoms with E-state index in [9.17, 15) is 9.59 Å². The molecule has 0 saturated heterocycles. The largest absolute Gasteiger partial charge is 0.494 e. The number of halogens is 2. The third kappa shape index (κ3) is 6.22. The van der Waals surface area contributed by atoms with Crippen LogP contribution in [0.4, 0.5) is 0 Å². The van der Waals surface area contributed by atoms with Gasteiger partial charge in [0.15, 0.2) is 23.2 Å². The van der Waals surface area contributed by atoms with Gasteiger partial charge in [-0.05, 0) is 36.4 Å². The van der Waals surface area contributed by atoms with Gasteiger partial charge >= 0.3 is 0 Å². The predicted molar refractivity (Wildman–Crippen MR) is 203 cm³/mol. The molecule has 19 heteroatoms. The molecule has 6 aromatic rings. The van der Waals surface area contributed by atoms with Gasteiger partial charge in [-0.25, -0.2) is 21.3 Å². The Bertz CT molecular complexity index is 2510. The lowest BCUT2D eigenvalue weighted by Crippen LogP contribution is -2.24. The molecule has 0 spiro atoms. The summed E-state index contributed by atoms with van der Waals surface area (Å²) >= 11 is 13.7. The maximum Gasteiger partial charge on any atom is 0.252 e. The Morgan fingerprint density at radius 3 is 1.51 bits per heavy atom. The third-order valence-corrected chi connectivity index (χ3v) is 9.22. The van der Waals surface area contributed by atoms with Gasteiger partial charge in [0.05, 0.1) is 46.4 Å². The van der Waals surface area contributed by atoms with Gasteiger partial charge in [0.25, 0.3) is 11.8 Å². The van der Waals surface area contributed by atoms with Crippen LogP contribution in [0.25, 0.3) is 44.8 Å². The quantitative estimate of drug-likeness (QED) is 0.0412. The Labute approximate surface area is 311 Å². The molecule has 0 fully saturated rings. The second-order valence-corrected chi connectivity index (χ2v) is 12.2. The summed E-state index contributed by atoms with van der Waals surface area (Å²) in [6.45, 7) is 0.363. The number of carbonyl (C=O) groups excluding carboxylic acids is 2. The van der Waals surface area contributed by atoms with Crippen molar-refractivity contribution in [3.05, 3.63) is 93.0 Å². The van der Waals surface area contributed by atoms with Gasteiger partial charge < -0.3 is 47.4 Å². The van der Waals surface area contributed by atoms with Crippen molar-refractivity contribution in [2.24, 2.45) is 44.8 Å². The van der Waals surface area contributed by atoms with Crippen molar-refractivity contribution in [2.75, 3.05) is 14.2 Å². The molecule has 4 aromatic carbocycles. The smallest absolute Gasteiger partial charge is 0.252 e. The first-order valence-electron chi connectivity index (χ1n) is 15.6. The predicted octanol–water partition coefficient (Wildman–Crippen LogP) is 2.60. The molecule has 0 aliphatic heterocycles. The van der Waals surface area contributed by atoms with Crippen LogP contribution in [0, 0.1) is 0 Å². The molecule has 53 heavy (non-hydrogen) atoms. The van der Waals surface area contributed by atoms with E-state index in [0.29, 0.717) is 61.0 Å². The Hall–Kier alpha value is -6.56. The van der Waals surface area contributed by atoms with Gasteiger partial charge in [-0.15, -0.1) is 5.10 Å². The highest BCUT2D eigenvalue weighted by Gasteiger charge is 2.27. The molecule has 2 heterocycles. The number of nitrogens with one attached hydrogen (secondary N) is 1. The number of hydrogen-bond donors (Lipinski definition) is 7. The zero-order chi connectivity index (χ0) is 38.1. The van der Waals surface area contributed by atoms with Gasteiger partial charge in [0.2, 0.25) is 0 Å². The summed E-state index contributed by atoms with van der Waals surface area (Å²) in [5.74, 6) is 10.7. The molecule has 6 rings (SSSR count). The zero-order valence-electron chi connectivity index (χ0n) is 28.2. The van der Waals surface area contributed by atoms with Gasteiger partial charge in [-0.1, -0.05) is 47.5 Å². The van der Waals surface area contributed by atoms with E-state index in [4.69, 9.17) is 77.3 Å². The number of nitrogens with two attached hydrogens (primary N) is 6. The highest BCUT2D eigenvalue weighted by molar-refractivity contribution is 6.34. The molecular weight excluding hydrogens is 725 g/mol. The average Bonchev–Trinajstić information content (AvgIpc) is 3.70. The Morgan fingerprint density at radius 1 is 0.698 bits per heavy atom. The van der Waals surface area contributed by atoms with Gasteiger partial charge in [0, 0.05) is 35.3 Å². The molecule has 0 radical (unpaired) electrons. The highest BCUT2D eigenvalue weighted by Crippen LogP contribution is 2.40. The number of nitrogens with zero attached hydrogens (tertiary/aromatic N) is 6. The number of aromatic nitrogens is 4. The van der Waals surface area contributed by atoms with Crippen molar-refractivity contribution in [3.63, 3.8) is 0 Å². The van der Waals surface area contributed by atoms with Crippen LogP contribution in [0.5, 0.6) is 11.5 Å². The molecule has 0 unspecified atom stereocenters. The van der Waals surface area contributed by atoms with Crippen molar-refractivity contribution < 1.29 is 19.1 Å². The van der Waals surface area contributed by atoms with Crippen LogP contribution in [0.3, 0.4) is 0 Å². The number of amidine groups is 2. The van der Waals surface area contributed by atoms with E-state index in [1.807, 2.05) is 9.13 Å². The Balaban J connectivity index is 1.66. The number of methoxy groups -OCH3 is 2. The highest BCUT2D eigenvalue weighted by atomic mass is 35.5. The fraction of sp³-hybridized carbons (Fsp3) is 0.118. The topological polar surface area (TPSA) is 281 Å². The number of rotatable bonds is 12. The van der Waals surface area contributed by atoms with Crippen molar-refractivity contribution in [1.29, 1.82) is 0 Å². The number of hydrazone groups is 2. The zero-order valence-corrected chi connectivity index (χ0v) is 29.7. The van der Waals surface area contributed by atoms with E-state index < -0.39 is 11.8 Å². The monoisotopic (exact) mass is 757 g/mol. The number of fused-ring (bicyclic) bond motifs is 2. The maximum absolute atomic E-state index is 12.4. The number of hydrazine groups is 1. The van der Waals surface area contributed by atoms with E-state index in [1.54, 1.807) is 60.7 Å². The summed E-state index contributed by atoms with van der Waals surface area (Å²) in [6.07, 6.45) is 0. The van der Waals surface area contributed by atoms with Crippen LogP contribution in [0.2, 0.25) is 10.0 Å². The number of hydrogen-bond acceptors (Lipinski definition) is 11. The first kappa shape index (κ1) is 36.2. The average molecular weight is 759 g/mol. The number of carbonyl (C=O) groups is 2. The molecule has 0 atom stereocenters. The normalized spacial score (nSPS) is 12.0. The molecule has 0 bridgehead atoms. The molecule has 13 N–H and O–H groups in total. The minimum absolute atomic E-state index is 0.00334. The van der Waals surface area contributed by atoms with Gasteiger partial charge in [0.1, 0.15) is 22.7 Å². The fourth-order valence-corrected chi connectivity index (χ4v) is 6.82. The van der Waals surface area contributed by atoms with Gasteiger partial charge in [-0.2, -0.15) is 5.10 Å². The lowest BCUT2D eigenvalue weighted by atomic mass is 10.1. The van der Waals surface area contributed by atoms with Crippen molar-refractivity contribution >= 4 is 68.8 Å². The summed E-state index contributed by atoms with van der Waals surface area (Å²) in [5, 5.41) is 8.24. The summed E-state index contributed by atoms with van der Waals surface area (Å²) in [6, 6.07) is 16.6. The minimum Gasteiger partial charge on any atom is -0.494 e. The van der Waals surface area contributed by atoms with E-state index in [2.05, 4.69) is 15.7 Å². The molecule has 17 nitrogen and oxygen atoms in total. The number of imidazole rings is 2. The molecule has 0 aliphatic carbocycles. The summed E-state index contributed by atoms with van der Waals surface area (Å²) < 4.78 is 15.1. The van der Waals surface area contributed by atoms with E-state index in [1.165, 1.54) is 14.2 Å². The number of aryl methyl sites for hydroxylation is 2. The first-order valence-corrected chi connectivity index (χ1v) is 16.4. The Morgan fingerprint density at radius 2 is 1.13 bits per heavy atom. The lowest BCUT2D eigenvalue weighted by molar-refractivity contribution is 0.0989. The minimum atomic E-state index is -0.710. The maximum atomic E-state index is 12.4. The second-order valence-electron chi connectivity index (χ2n) is 11.4. The molecule has 0 aliphatic rings. The van der Waals surface area contributed by atoms with E-state index >= 15 is 0 Å². The van der Waals surface area contributed by atoms with Crippen LogP contribution in [0.15, 0.2) is 70.9 Å². The van der Waals surface area contributed by atoms with Crippen LogP contribution in [-0.4, -0.2) is 56.8 Å². The number of amides is 2. The standard InChI is InChI=1S/C34H33Cl2N13O4/c1-52-27-17(31(39)50)9-11-21-25(27)43-33(23-15(29(37)45-41)5-3-7-19(23)35)48(21)13-14-49-22-12-10-18(32(40)51)28(53-2)26(22)44-34(49)24-16(30(38)46-47-42)6-4-8-20(24)36/h3-12,47H,13-14,41-42H2,1-2H3,(H2,37,45)(H2,38,46)(H2,39,50)(H2,40,51). The van der Waals surface area contributed by atoms with Crippen LogP contribution < -0.4 is 49.6 Å². The van der Waals surface area contributed by atoms with E-state index in [-0.39, 0.29) is 52.4 Å². The fourth-order valence-electron chi connectivity index (χ4n) is 6.30. The number of primary amides is 2. The second kappa shape index (κ2) is 14.6. The Kier molecular flexibility index (Phi) is 9.97. The van der Waals surface area contributed by atoms with Gasteiger partial charge in [-0.3, -0.25) is 9.59 Å². The van der Waals surface area contributed by atoms with Crippen LogP contribution >= 0.6 is 23.2 Å². The molecule has 272 valence electrons. The molecule has 2 amide bonds. The SMILES string of the molecule is COc1c(C(N)=O)ccc2c1nc(-c1c(Cl)cccc1/C(N)=N/N)n2CCn1c(-c2c(Cl)cccc2/C(N)=N/NN)nc2c(OC)c(C(N)=O)ccc21. The third-order valence-electron chi connectivity index (χ3n) is 8.59. The van der Waals surface area contributed by atoms with Crippen LogP contribution in [-0.2, 0) is 13.1 Å². The van der Waals surface area contributed by atoms with E-state index in [0.717, 1.165) is 0 Å². The van der Waals surface area contributed by atoms with Crippen LogP contribution in [0.1, 0.15) is 31.8 Å². The molecule has 0 saturated carbocycles. The van der Waals surface area contributed by atoms with Crippen molar-refractivity contribution in [2.45, 2.75) is 13.1 Å². The summed E-state index contributed by atoms with van der Waals surface area (Å²) in [7, 11) is 2.82. The molecular formula is C34H33Cl2N13O4. The number of benzene rings is 4. The summed E-state index contributed by atoms with van der Waals surface area (Å²) in [5.41, 5.74) is 29.8. The van der Waals surface area contributed by atoms with Crippen molar-refractivity contribution in [3.8, 4) is 34.3 Å².